The number of halogens is 3. The summed E-state index contributed by atoms with van der Waals surface area (Å²) in [5, 5.41) is 5.27. The van der Waals surface area contributed by atoms with E-state index in [1.54, 1.807) is 0 Å². The maximum atomic E-state index is 12.1. The average Bonchev–Trinajstić information content (AvgIpc) is 2.36. The molecule has 2 rings (SSSR count). The minimum atomic E-state index is -4.07. The molecule has 1 nitrogen and oxygen atoms in total. The molecule has 0 radical (unpaired) electrons. The molecule has 0 bridgehead atoms. The predicted molar refractivity (Wildman–Crippen MR) is 72.5 cm³/mol. The second kappa shape index (κ2) is 5.51. The summed E-state index contributed by atoms with van der Waals surface area (Å²) in [6, 6.07) is 11.8. The van der Waals surface area contributed by atoms with E-state index in [0.717, 1.165) is 22.0 Å². The molecule has 1 N–H and O–H groups in total. The fourth-order valence-electron chi connectivity index (χ4n) is 2.12. The predicted octanol–water partition coefficient (Wildman–Crippen LogP) is 4.90. The molecule has 0 aliphatic heterocycles. The van der Waals surface area contributed by atoms with E-state index in [2.05, 4.69) is 5.32 Å². The van der Waals surface area contributed by atoms with E-state index >= 15 is 0 Å². The number of anilines is 1. The standard InChI is InChI=1S/C15H16F3N/c1-11-7-8-14(13-6-3-2-5-12(11)13)19-10-4-9-15(16,17)18/h2-3,5-8,19H,4,9-10H2,1H3. The molecule has 102 valence electrons. The highest BCUT2D eigenvalue weighted by Crippen LogP contribution is 2.26. The third kappa shape index (κ3) is 3.63. The Bertz CT molecular complexity index is 561. The van der Waals surface area contributed by atoms with Crippen LogP contribution in [-0.2, 0) is 0 Å². The monoisotopic (exact) mass is 267 g/mol. The topological polar surface area (TPSA) is 12.0 Å². The average molecular weight is 267 g/mol. The van der Waals surface area contributed by atoms with Crippen molar-refractivity contribution < 1.29 is 13.2 Å². The second-order valence-corrected chi connectivity index (χ2v) is 4.62. The van der Waals surface area contributed by atoms with E-state index in [9.17, 15) is 13.2 Å². The summed E-state index contributed by atoms with van der Waals surface area (Å²) >= 11 is 0. The minimum absolute atomic E-state index is 0.0890. The molecule has 0 heterocycles. The Balaban J connectivity index is 2.07. The van der Waals surface area contributed by atoms with Crippen LogP contribution in [0.3, 0.4) is 0 Å². The van der Waals surface area contributed by atoms with Gasteiger partial charge in [0.1, 0.15) is 0 Å². The zero-order valence-electron chi connectivity index (χ0n) is 10.7. The first kappa shape index (κ1) is 13.7. The quantitative estimate of drug-likeness (QED) is 0.777. The van der Waals surface area contributed by atoms with Crippen molar-refractivity contribution in [3.8, 4) is 0 Å². The maximum Gasteiger partial charge on any atom is 0.389 e. The van der Waals surface area contributed by atoms with Gasteiger partial charge in [-0.15, -0.1) is 0 Å². The normalized spacial score (nSPS) is 11.8. The smallest absolute Gasteiger partial charge is 0.385 e. The molecule has 0 fully saturated rings. The first-order chi connectivity index (χ1) is 8.97. The van der Waals surface area contributed by atoms with Gasteiger partial charge < -0.3 is 5.32 Å². The summed E-state index contributed by atoms with van der Waals surface area (Å²) in [6.45, 7) is 2.35. The SMILES string of the molecule is Cc1ccc(NCCCC(F)(F)F)c2ccccc12. The number of alkyl halides is 3. The van der Waals surface area contributed by atoms with Crippen molar-refractivity contribution in [2.24, 2.45) is 0 Å². The zero-order valence-corrected chi connectivity index (χ0v) is 10.7. The van der Waals surface area contributed by atoms with Crippen LogP contribution in [0.5, 0.6) is 0 Å². The Hall–Kier alpha value is -1.71. The molecule has 0 spiro atoms. The van der Waals surface area contributed by atoms with Crippen LogP contribution in [0.15, 0.2) is 36.4 Å². The lowest BCUT2D eigenvalue weighted by Gasteiger charge is -2.12. The molecule has 0 saturated heterocycles. The highest BCUT2D eigenvalue weighted by molar-refractivity contribution is 5.95. The summed E-state index contributed by atoms with van der Waals surface area (Å²) in [5.74, 6) is 0. The Kier molecular flexibility index (Phi) is 3.98. The van der Waals surface area contributed by atoms with Gasteiger partial charge in [0, 0.05) is 24.0 Å². The molecule has 0 amide bonds. The van der Waals surface area contributed by atoms with E-state index in [1.165, 1.54) is 0 Å². The first-order valence-electron chi connectivity index (χ1n) is 6.26. The molecule has 19 heavy (non-hydrogen) atoms. The van der Waals surface area contributed by atoms with Gasteiger partial charge in [0.25, 0.3) is 0 Å². The highest BCUT2D eigenvalue weighted by atomic mass is 19.4. The van der Waals surface area contributed by atoms with Crippen molar-refractivity contribution in [2.45, 2.75) is 25.9 Å². The fourth-order valence-corrected chi connectivity index (χ4v) is 2.12. The third-order valence-corrected chi connectivity index (χ3v) is 3.09. The summed E-state index contributed by atoms with van der Waals surface area (Å²) in [7, 11) is 0. The maximum absolute atomic E-state index is 12.1. The van der Waals surface area contributed by atoms with Gasteiger partial charge in [-0.25, -0.2) is 0 Å². The molecule has 0 atom stereocenters. The van der Waals surface area contributed by atoms with E-state index in [1.807, 2.05) is 43.3 Å². The van der Waals surface area contributed by atoms with Gasteiger partial charge >= 0.3 is 6.18 Å². The Morgan fingerprint density at radius 1 is 1.00 bits per heavy atom. The Morgan fingerprint density at radius 2 is 1.68 bits per heavy atom. The molecule has 0 aromatic heterocycles. The van der Waals surface area contributed by atoms with E-state index in [0.29, 0.717) is 6.54 Å². The Labute approximate surface area is 110 Å². The van der Waals surface area contributed by atoms with Crippen molar-refractivity contribution >= 4 is 16.5 Å². The van der Waals surface area contributed by atoms with Gasteiger partial charge in [0.05, 0.1) is 0 Å². The van der Waals surface area contributed by atoms with Crippen molar-refractivity contribution in [1.82, 2.24) is 0 Å². The van der Waals surface area contributed by atoms with Crippen molar-refractivity contribution in [2.75, 3.05) is 11.9 Å². The van der Waals surface area contributed by atoms with Crippen LogP contribution in [0.2, 0.25) is 0 Å². The van der Waals surface area contributed by atoms with Crippen LogP contribution < -0.4 is 5.32 Å². The number of benzene rings is 2. The van der Waals surface area contributed by atoms with Gasteiger partial charge in [-0.2, -0.15) is 13.2 Å². The van der Waals surface area contributed by atoms with Crippen molar-refractivity contribution in [3.63, 3.8) is 0 Å². The minimum Gasteiger partial charge on any atom is -0.385 e. The largest absolute Gasteiger partial charge is 0.389 e. The second-order valence-electron chi connectivity index (χ2n) is 4.62. The molecule has 2 aromatic rings. The zero-order chi connectivity index (χ0) is 13.9. The summed E-state index contributed by atoms with van der Waals surface area (Å²) in [6.07, 6.45) is -4.73. The van der Waals surface area contributed by atoms with Gasteiger partial charge in [0.15, 0.2) is 0 Å². The highest BCUT2D eigenvalue weighted by Gasteiger charge is 2.25. The van der Waals surface area contributed by atoms with Gasteiger partial charge in [-0.3, -0.25) is 0 Å². The first-order valence-corrected chi connectivity index (χ1v) is 6.26. The van der Waals surface area contributed by atoms with Gasteiger partial charge in [-0.1, -0.05) is 30.3 Å². The van der Waals surface area contributed by atoms with E-state index < -0.39 is 12.6 Å². The fraction of sp³-hybridized carbons (Fsp3) is 0.333. The Morgan fingerprint density at radius 3 is 2.37 bits per heavy atom. The molecule has 2 aromatic carbocycles. The van der Waals surface area contributed by atoms with Gasteiger partial charge in [0.2, 0.25) is 0 Å². The lowest BCUT2D eigenvalue weighted by Crippen LogP contribution is -2.11. The summed E-state index contributed by atoms with van der Waals surface area (Å²) in [4.78, 5) is 0. The van der Waals surface area contributed by atoms with Gasteiger partial charge in [-0.05, 0) is 30.4 Å². The van der Waals surface area contributed by atoms with Crippen LogP contribution in [0.25, 0.3) is 10.8 Å². The van der Waals surface area contributed by atoms with Crippen LogP contribution in [0.1, 0.15) is 18.4 Å². The molecular formula is C15H16F3N. The summed E-state index contributed by atoms with van der Waals surface area (Å²) in [5.41, 5.74) is 2.06. The molecule has 0 unspecified atom stereocenters. The number of hydrogen-bond acceptors (Lipinski definition) is 1. The number of nitrogens with one attached hydrogen (secondary N) is 1. The van der Waals surface area contributed by atoms with Crippen LogP contribution >= 0.6 is 0 Å². The molecule has 0 aliphatic carbocycles. The molecule has 0 aliphatic rings. The number of fused-ring (bicyclic) bond motifs is 1. The van der Waals surface area contributed by atoms with Crippen LogP contribution in [-0.4, -0.2) is 12.7 Å². The lowest BCUT2D eigenvalue weighted by molar-refractivity contribution is -0.134. The van der Waals surface area contributed by atoms with Crippen LogP contribution in [0, 0.1) is 6.92 Å². The summed E-state index contributed by atoms with van der Waals surface area (Å²) < 4.78 is 36.2. The number of hydrogen-bond donors (Lipinski definition) is 1. The van der Waals surface area contributed by atoms with Crippen molar-refractivity contribution in [3.05, 3.63) is 42.0 Å². The van der Waals surface area contributed by atoms with Crippen molar-refractivity contribution in [1.29, 1.82) is 0 Å². The van der Waals surface area contributed by atoms with E-state index in [4.69, 9.17) is 0 Å². The molecular weight excluding hydrogens is 251 g/mol. The molecule has 0 saturated carbocycles. The third-order valence-electron chi connectivity index (χ3n) is 3.09. The number of aryl methyl sites for hydroxylation is 1. The molecule has 4 heteroatoms. The lowest BCUT2D eigenvalue weighted by atomic mass is 10.0. The van der Waals surface area contributed by atoms with Crippen LogP contribution in [0.4, 0.5) is 18.9 Å². The van der Waals surface area contributed by atoms with E-state index in [-0.39, 0.29) is 6.42 Å². The number of rotatable bonds is 4.